The van der Waals surface area contributed by atoms with Gasteiger partial charge >= 0.3 is 0 Å². The molecular weight excluding hydrogens is 196 g/mol. The highest BCUT2D eigenvalue weighted by Gasteiger charge is 2.23. The summed E-state index contributed by atoms with van der Waals surface area (Å²) in [6.45, 7) is 1.59. The molecule has 15 heavy (non-hydrogen) atoms. The van der Waals surface area contributed by atoms with Crippen LogP contribution in [0.4, 0.5) is 5.69 Å². The minimum absolute atomic E-state index is 0.0379. The first-order chi connectivity index (χ1) is 7.11. The predicted molar refractivity (Wildman–Crippen MR) is 52.7 cm³/mol. The third kappa shape index (κ3) is 1.38. The SMILES string of the molecule is Cc1c[n+](O)c2ccccc2c1[N+](=O)[O-]. The Bertz CT molecular complexity index is 552. The fourth-order valence-electron chi connectivity index (χ4n) is 1.64. The summed E-state index contributed by atoms with van der Waals surface area (Å²) in [5, 5.41) is 20.8. The number of nitro groups is 1. The van der Waals surface area contributed by atoms with Crippen molar-refractivity contribution in [2.45, 2.75) is 6.92 Å². The first-order valence-electron chi connectivity index (χ1n) is 4.39. The van der Waals surface area contributed by atoms with Gasteiger partial charge in [-0.2, -0.15) is 0 Å². The molecule has 2 rings (SSSR count). The summed E-state index contributed by atoms with van der Waals surface area (Å²) in [4.78, 5) is 10.4. The number of fused-ring (bicyclic) bond motifs is 1. The fourth-order valence-corrected chi connectivity index (χ4v) is 1.64. The molecule has 0 saturated carbocycles. The molecule has 1 N–H and O–H groups in total. The van der Waals surface area contributed by atoms with Crippen molar-refractivity contribution in [1.82, 2.24) is 0 Å². The van der Waals surface area contributed by atoms with Gasteiger partial charge in [-0.05, 0) is 13.0 Å². The monoisotopic (exact) mass is 205 g/mol. The summed E-state index contributed by atoms with van der Waals surface area (Å²) in [6, 6.07) is 6.66. The molecule has 0 fully saturated rings. The first kappa shape index (κ1) is 9.39. The molecule has 1 heterocycles. The third-order valence-corrected chi connectivity index (χ3v) is 2.28. The van der Waals surface area contributed by atoms with E-state index < -0.39 is 4.92 Å². The number of rotatable bonds is 1. The molecule has 2 aromatic rings. The number of aromatic nitrogens is 1. The Hall–Kier alpha value is -2.17. The van der Waals surface area contributed by atoms with Crippen molar-refractivity contribution in [2.75, 3.05) is 0 Å². The van der Waals surface area contributed by atoms with E-state index in [9.17, 15) is 15.3 Å². The van der Waals surface area contributed by atoms with Gasteiger partial charge in [-0.15, -0.1) is 0 Å². The Morgan fingerprint density at radius 1 is 1.40 bits per heavy atom. The fraction of sp³-hybridized carbons (Fsp3) is 0.100. The van der Waals surface area contributed by atoms with Gasteiger partial charge < -0.3 is 0 Å². The maximum absolute atomic E-state index is 10.9. The van der Waals surface area contributed by atoms with E-state index in [1.165, 1.54) is 6.20 Å². The lowest BCUT2D eigenvalue weighted by atomic mass is 10.1. The largest absolute Gasteiger partial charge is 0.292 e. The van der Waals surface area contributed by atoms with Crippen molar-refractivity contribution in [1.29, 1.82) is 0 Å². The number of hydrogen-bond acceptors (Lipinski definition) is 3. The number of hydrogen-bond donors (Lipinski definition) is 1. The van der Waals surface area contributed by atoms with Gasteiger partial charge in [0.1, 0.15) is 5.39 Å². The van der Waals surface area contributed by atoms with E-state index in [0.717, 1.165) is 4.73 Å². The molecule has 0 atom stereocenters. The summed E-state index contributed by atoms with van der Waals surface area (Å²) in [5.41, 5.74) is 0.895. The molecule has 0 aliphatic heterocycles. The van der Waals surface area contributed by atoms with Crippen LogP contribution >= 0.6 is 0 Å². The quantitative estimate of drug-likeness (QED) is 0.332. The van der Waals surface area contributed by atoms with Crippen LogP contribution in [0.5, 0.6) is 0 Å². The number of para-hydroxylation sites is 1. The Kier molecular flexibility index (Phi) is 2.00. The normalized spacial score (nSPS) is 10.5. The van der Waals surface area contributed by atoms with Crippen molar-refractivity contribution in [3.63, 3.8) is 0 Å². The second-order valence-corrected chi connectivity index (χ2v) is 3.28. The summed E-state index contributed by atoms with van der Waals surface area (Å²) >= 11 is 0. The Balaban J connectivity index is 2.96. The van der Waals surface area contributed by atoms with Crippen LogP contribution < -0.4 is 4.73 Å². The molecule has 0 bridgehead atoms. The van der Waals surface area contributed by atoms with Gasteiger partial charge in [-0.25, -0.2) is 0 Å². The van der Waals surface area contributed by atoms with Gasteiger partial charge in [-0.3, -0.25) is 15.3 Å². The Morgan fingerprint density at radius 3 is 2.73 bits per heavy atom. The lowest BCUT2D eigenvalue weighted by molar-refractivity contribution is -0.885. The maximum Gasteiger partial charge on any atom is 0.292 e. The zero-order chi connectivity index (χ0) is 11.0. The highest BCUT2D eigenvalue weighted by Crippen LogP contribution is 2.25. The summed E-state index contributed by atoms with van der Waals surface area (Å²) < 4.78 is 0.900. The predicted octanol–water partition coefficient (Wildman–Crippen LogP) is 1.58. The van der Waals surface area contributed by atoms with Crippen LogP contribution in [0.1, 0.15) is 5.56 Å². The molecule has 1 aromatic carbocycles. The third-order valence-electron chi connectivity index (χ3n) is 2.28. The van der Waals surface area contributed by atoms with E-state index in [0.29, 0.717) is 16.5 Å². The van der Waals surface area contributed by atoms with Gasteiger partial charge in [0.05, 0.1) is 10.5 Å². The Morgan fingerprint density at radius 2 is 2.07 bits per heavy atom. The molecule has 0 aliphatic carbocycles. The Labute approximate surface area is 85.3 Å². The van der Waals surface area contributed by atoms with Gasteiger partial charge in [-0.1, -0.05) is 12.1 Å². The zero-order valence-electron chi connectivity index (χ0n) is 8.04. The van der Waals surface area contributed by atoms with E-state index in [1.807, 2.05) is 0 Å². The van der Waals surface area contributed by atoms with Crippen molar-refractivity contribution in [3.05, 3.63) is 46.1 Å². The smallest absolute Gasteiger partial charge is 0.285 e. The molecule has 0 amide bonds. The standard InChI is InChI=1S/C10H9N2O3/c1-7-6-11(13)9-5-3-2-4-8(9)10(7)12(14)15/h2-6,13H,1H3/q+1. The van der Waals surface area contributed by atoms with Crippen molar-refractivity contribution in [2.24, 2.45) is 0 Å². The van der Waals surface area contributed by atoms with Gasteiger partial charge in [0.15, 0.2) is 0 Å². The van der Waals surface area contributed by atoms with Crippen LogP contribution in [0.3, 0.4) is 0 Å². The second kappa shape index (κ2) is 3.20. The molecule has 0 unspecified atom stereocenters. The molecule has 5 heteroatoms. The van der Waals surface area contributed by atoms with Crippen molar-refractivity contribution < 1.29 is 14.9 Å². The minimum Gasteiger partial charge on any atom is -0.285 e. The summed E-state index contributed by atoms with van der Waals surface area (Å²) in [5.74, 6) is 0. The summed E-state index contributed by atoms with van der Waals surface area (Å²) in [7, 11) is 0. The van der Waals surface area contributed by atoms with Crippen LogP contribution in [0.15, 0.2) is 30.5 Å². The van der Waals surface area contributed by atoms with Gasteiger partial charge in [0, 0.05) is 10.8 Å². The highest BCUT2D eigenvalue weighted by molar-refractivity contribution is 5.86. The van der Waals surface area contributed by atoms with Crippen LogP contribution in [0.2, 0.25) is 0 Å². The van der Waals surface area contributed by atoms with Crippen molar-refractivity contribution >= 4 is 16.6 Å². The van der Waals surface area contributed by atoms with Gasteiger partial charge in [0.25, 0.3) is 11.2 Å². The molecule has 0 spiro atoms. The average molecular weight is 205 g/mol. The van der Waals surface area contributed by atoms with E-state index >= 15 is 0 Å². The average Bonchev–Trinajstić information content (AvgIpc) is 2.17. The molecule has 5 nitrogen and oxygen atoms in total. The van der Waals surface area contributed by atoms with Gasteiger partial charge in [0.2, 0.25) is 6.20 Å². The lowest BCUT2D eigenvalue weighted by Crippen LogP contribution is -2.31. The molecule has 0 radical (unpaired) electrons. The van der Waals surface area contributed by atoms with E-state index in [4.69, 9.17) is 0 Å². The van der Waals surface area contributed by atoms with E-state index in [1.54, 1.807) is 31.2 Å². The maximum atomic E-state index is 10.9. The minimum atomic E-state index is -0.433. The number of pyridine rings is 1. The van der Waals surface area contributed by atoms with Crippen LogP contribution in [-0.4, -0.2) is 10.1 Å². The molecule has 76 valence electrons. The second-order valence-electron chi connectivity index (χ2n) is 3.28. The topological polar surface area (TPSA) is 67.2 Å². The van der Waals surface area contributed by atoms with E-state index in [-0.39, 0.29) is 5.69 Å². The molecule has 0 aliphatic rings. The van der Waals surface area contributed by atoms with Crippen LogP contribution in [0, 0.1) is 17.0 Å². The lowest BCUT2D eigenvalue weighted by Gasteiger charge is -1.98. The first-order valence-corrected chi connectivity index (χ1v) is 4.39. The van der Waals surface area contributed by atoms with Crippen LogP contribution in [0.25, 0.3) is 10.9 Å². The van der Waals surface area contributed by atoms with Crippen LogP contribution in [-0.2, 0) is 0 Å². The van der Waals surface area contributed by atoms with E-state index in [2.05, 4.69) is 0 Å². The molecule has 1 aromatic heterocycles. The number of nitrogens with zero attached hydrogens (tertiary/aromatic N) is 2. The highest BCUT2D eigenvalue weighted by atomic mass is 16.6. The number of aryl methyl sites for hydroxylation is 1. The zero-order valence-corrected chi connectivity index (χ0v) is 8.04. The van der Waals surface area contributed by atoms with Crippen molar-refractivity contribution in [3.8, 4) is 0 Å². The molecule has 0 saturated heterocycles. The number of benzene rings is 1. The molecular formula is C10H9N2O3+. The summed E-state index contributed by atoms with van der Waals surface area (Å²) in [6.07, 6.45) is 1.33.